The molecule has 6 nitrogen and oxygen atoms in total. The van der Waals surface area contributed by atoms with Crippen molar-refractivity contribution in [2.24, 2.45) is 0 Å². The quantitative estimate of drug-likeness (QED) is 0.831. The van der Waals surface area contributed by atoms with Crippen LogP contribution in [-0.2, 0) is 9.53 Å². The smallest absolute Gasteiger partial charge is 0.234 e. The first-order chi connectivity index (χ1) is 13.7. The van der Waals surface area contributed by atoms with E-state index in [-0.39, 0.29) is 17.8 Å². The molecule has 1 N–H and O–H groups in total. The van der Waals surface area contributed by atoms with Crippen LogP contribution in [0.5, 0.6) is 0 Å². The molecule has 1 aromatic heterocycles. The van der Waals surface area contributed by atoms with Gasteiger partial charge in [0.15, 0.2) is 0 Å². The Morgan fingerprint density at radius 2 is 2.18 bits per heavy atom. The molecular formula is C21H25FN4O2. The van der Waals surface area contributed by atoms with E-state index in [1.165, 1.54) is 17.7 Å². The molecule has 0 spiro atoms. The Hall–Kier alpha value is -2.51. The van der Waals surface area contributed by atoms with Crippen LogP contribution in [-0.4, -0.2) is 59.5 Å². The summed E-state index contributed by atoms with van der Waals surface area (Å²) in [6.45, 7) is 3.39. The molecule has 0 radical (unpaired) electrons. The zero-order chi connectivity index (χ0) is 19.3. The molecule has 1 saturated heterocycles. The number of hydrogen-bond acceptors (Lipinski definition) is 4. The molecule has 148 valence electrons. The molecule has 0 aliphatic carbocycles. The first-order valence-electron chi connectivity index (χ1n) is 9.78. The van der Waals surface area contributed by atoms with Gasteiger partial charge in [-0.3, -0.25) is 9.69 Å². The lowest BCUT2D eigenvalue weighted by molar-refractivity contribution is -0.122. The summed E-state index contributed by atoms with van der Waals surface area (Å²) in [5, 5.41) is 7.36. The third-order valence-electron chi connectivity index (χ3n) is 5.26. The lowest BCUT2D eigenvalue weighted by atomic mass is 10.0. The largest absolute Gasteiger partial charge is 0.376 e. The number of nitrogens with zero attached hydrogens (tertiary/aromatic N) is 3. The number of hydrogen-bond donors (Lipinski definition) is 1. The standard InChI is InChI=1S/C21H25FN4O2/c22-18-3-5-19(6-4-18)26-14-17(12-24-26)16-7-9-25(10-8-16)15-21(27)23-13-20-2-1-11-28-20/h3-7,12,14,20H,1-2,8-11,13,15H2,(H,23,27). The fourth-order valence-electron chi connectivity index (χ4n) is 3.63. The Morgan fingerprint density at radius 1 is 1.32 bits per heavy atom. The number of aromatic nitrogens is 2. The van der Waals surface area contributed by atoms with E-state index in [1.807, 2.05) is 12.4 Å². The topological polar surface area (TPSA) is 59.4 Å². The lowest BCUT2D eigenvalue weighted by Crippen LogP contribution is -2.41. The van der Waals surface area contributed by atoms with Gasteiger partial charge in [-0.15, -0.1) is 0 Å². The molecule has 3 heterocycles. The second-order valence-electron chi connectivity index (χ2n) is 7.30. The summed E-state index contributed by atoms with van der Waals surface area (Å²) in [5.74, 6) is -0.206. The number of ether oxygens (including phenoxy) is 1. The molecule has 1 aromatic carbocycles. The molecule has 1 amide bonds. The van der Waals surface area contributed by atoms with Gasteiger partial charge in [-0.05, 0) is 49.1 Å². The van der Waals surface area contributed by atoms with Crippen LogP contribution in [0.15, 0.2) is 42.7 Å². The van der Waals surface area contributed by atoms with Gasteiger partial charge in [0.25, 0.3) is 0 Å². The second kappa shape index (κ2) is 8.67. The number of amides is 1. The average molecular weight is 384 g/mol. The monoisotopic (exact) mass is 384 g/mol. The van der Waals surface area contributed by atoms with E-state index in [9.17, 15) is 9.18 Å². The number of rotatable bonds is 6. The summed E-state index contributed by atoms with van der Waals surface area (Å²) in [5.41, 5.74) is 3.12. The third kappa shape index (κ3) is 4.66. The Kier molecular flexibility index (Phi) is 5.83. The molecule has 1 unspecified atom stereocenters. The van der Waals surface area contributed by atoms with E-state index >= 15 is 0 Å². The van der Waals surface area contributed by atoms with Crippen LogP contribution in [0.3, 0.4) is 0 Å². The van der Waals surface area contributed by atoms with Gasteiger partial charge in [0.1, 0.15) is 5.82 Å². The molecule has 4 rings (SSSR count). The maximum Gasteiger partial charge on any atom is 0.234 e. The van der Waals surface area contributed by atoms with Gasteiger partial charge in [0, 0.05) is 38.0 Å². The molecule has 7 heteroatoms. The molecule has 28 heavy (non-hydrogen) atoms. The van der Waals surface area contributed by atoms with Gasteiger partial charge in [-0.2, -0.15) is 5.10 Å². The Labute approximate surface area is 164 Å². The van der Waals surface area contributed by atoms with Gasteiger partial charge in [0.2, 0.25) is 5.91 Å². The maximum absolute atomic E-state index is 13.1. The van der Waals surface area contributed by atoms with Crippen molar-refractivity contribution in [1.82, 2.24) is 20.0 Å². The third-order valence-corrected chi connectivity index (χ3v) is 5.26. The maximum atomic E-state index is 13.1. The highest BCUT2D eigenvalue weighted by atomic mass is 19.1. The second-order valence-corrected chi connectivity index (χ2v) is 7.30. The van der Waals surface area contributed by atoms with Gasteiger partial charge < -0.3 is 10.1 Å². The van der Waals surface area contributed by atoms with Crippen LogP contribution in [0.2, 0.25) is 0 Å². The van der Waals surface area contributed by atoms with Crippen molar-refractivity contribution in [2.75, 3.05) is 32.8 Å². The molecule has 2 aliphatic rings. The van der Waals surface area contributed by atoms with Crippen molar-refractivity contribution >= 4 is 11.5 Å². The molecule has 0 bridgehead atoms. The predicted molar refractivity (Wildman–Crippen MR) is 105 cm³/mol. The van der Waals surface area contributed by atoms with E-state index < -0.39 is 0 Å². The summed E-state index contributed by atoms with van der Waals surface area (Å²) < 4.78 is 20.4. The molecule has 1 fully saturated rings. The predicted octanol–water partition coefficient (Wildman–Crippen LogP) is 2.40. The summed E-state index contributed by atoms with van der Waals surface area (Å²) in [4.78, 5) is 14.3. The first kappa shape index (κ1) is 18.8. The van der Waals surface area contributed by atoms with Gasteiger partial charge >= 0.3 is 0 Å². The average Bonchev–Trinajstić information content (AvgIpc) is 3.40. The minimum atomic E-state index is -0.258. The van der Waals surface area contributed by atoms with Crippen molar-refractivity contribution in [1.29, 1.82) is 0 Å². The summed E-state index contributed by atoms with van der Waals surface area (Å²) >= 11 is 0. The Bertz CT molecular complexity index is 840. The van der Waals surface area contributed by atoms with Crippen LogP contribution < -0.4 is 5.32 Å². The highest BCUT2D eigenvalue weighted by molar-refractivity contribution is 5.78. The summed E-state index contributed by atoms with van der Waals surface area (Å²) in [6.07, 6.45) is 9.10. The number of halogens is 1. The Morgan fingerprint density at radius 3 is 2.89 bits per heavy atom. The van der Waals surface area contributed by atoms with Gasteiger partial charge in [-0.1, -0.05) is 6.08 Å². The van der Waals surface area contributed by atoms with Gasteiger partial charge in [-0.25, -0.2) is 9.07 Å². The normalized spacial score (nSPS) is 20.2. The highest BCUT2D eigenvalue weighted by Crippen LogP contribution is 2.23. The fourth-order valence-corrected chi connectivity index (χ4v) is 3.63. The van der Waals surface area contributed by atoms with Crippen LogP contribution in [0, 0.1) is 5.82 Å². The molecule has 2 aromatic rings. The van der Waals surface area contributed by atoms with E-state index in [0.29, 0.717) is 13.1 Å². The number of nitrogens with one attached hydrogen (secondary N) is 1. The van der Waals surface area contributed by atoms with Crippen molar-refractivity contribution in [3.05, 3.63) is 54.1 Å². The molecule has 2 aliphatic heterocycles. The van der Waals surface area contributed by atoms with Crippen LogP contribution in [0.25, 0.3) is 11.3 Å². The minimum Gasteiger partial charge on any atom is -0.376 e. The van der Waals surface area contributed by atoms with E-state index in [0.717, 1.165) is 50.2 Å². The minimum absolute atomic E-state index is 0.0523. The van der Waals surface area contributed by atoms with E-state index in [1.54, 1.807) is 16.8 Å². The van der Waals surface area contributed by atoms with Crippen molar-refractivity contribution in [3.63, 3.8) is 0 Å². The summed E-state index contributed by atoms with van der Waals surface area (Å²) in [6, 6.07) is 6.27. The van der Waals surface area contributed by atoms with Crippen LogP contribution in [0.1, 0.15) is 24.8 Å². The van der Waals surface area contributed by atoms with Crippen molar-refractivity contribution in [2.45, 2.75) is 25.4 Å². The highest BCUT2D eigenvalue weighted by Gasteiger charge is 2.19. The number of carbonyl (C=O) groups excluding carboxylic acids is 1. The van der Waals surface area contributed by atoms with Crippen LogP contribution in [0.4, 0.5) is 4.39 Å². The lowest BCUT2D eigenvalue weighted by Gasteiger charge is -2.25. The van der Waals surface area contributed by atoms with Crippen molar-refractivity contribution in [3.8, 4) is 5.69 Å². The van der Waals surface area contributed by atoms with Crippen molar-refractivity contribution < 1.29 is 13.9 Å². The van der Waals surface area contributed by atoms with E-state index in [4.69, 9.17) is 4.74 Å². The molecule has 0 saturated carbocycles. The number of benzene rings is 1. The number of carbonyl (C=O) groups is 1. The zero-order valence-electron chi connectivity index (χ0n) is 15.8. The SMILES string of the molecule is O=C(CN1CC=C(c2cnn(-c3ccc(F)cc3)c2)CC1)NCC1CCCO1. The van der Waals surface area contributed by atoms with E-state index in [2.05, 4.69) is 21.4 Å². The molecule has 1 atom stereocenters. The van der Waals surface area contributed by atoms with Crippen LogP contribution >= 0.6 is 0 Å². The fraction of sp³-hybridized carbons (Fsp3) is 0.429. The summed E-state index contributed by atoms with van der Waals surface area (Å²) in [7, 11) is 0. The Balaban J connectivity index is 1.29. The van der Waals surface area contributed by atoms with Gasteiger partial charge in [0.05, 0.1) is 24.5 Å². The first-order valence-corrected chi connectivity index (χ1v) is 9.78. The molecular weight excluding hydrogens is 359 g/mol. The zero-order valence-corrected chi connectivity index (χ0v) is 15.8.